The predicted octanol–water partition coefficient (Wildman–Crippen LogP) is 5.07. The molecule has 1 fully saturated rings. The minimum Gasteiger partial charge on any atom is -0.307 e. The highest BCUT2D eigenvalue weighted by Gasteiger charge is 2.21. The first kappa shape index (κ1) is 14.1. The lowest BCUT2D eigenvalue weighted by Gasteiger charge is -2.31. The molecule has 0 amide bonds. The maximum atomic E-state index is 3.78. The van der Waals surface area contributed by atoms with E-state index in [0.29, 0.717) is 12.1 Å². The Balaban J connectivity index is 1.84. The van der Waals surface area contributed by atoms with Crippen molar-refractivity contribution in [2.24, 2.45) is 5.92 Å². The van der Waals surface area contributed by atoms with Gasteiger partial charge in [-0.05, 0) is 56.2 Å². The summed E-state index contributed by atoms with van der Waals surface area (Å²) in [6.07, 6.45) is 6.86. The average molecular weight is 310 g/mol. The molecule has 1 saturated carbocycles. The van der Waals surface area contributed by atoms with E-state index in [4.69, 9.17) is 0 Å². The van der Waals surface area contributed by atoms with Gasteiger partial charge in [-0.3, -0.25) is 0 Å². The summed E-state index contributed by atoms with van der Waals surface area (Å²) in [6, 6.07) is 9.84. The Bertz CT molecular complexity index is 352. The normalized spacial score (nSPS) is 25.9. The Morgan fingerprint density at radius 3 is 2.33 bits per heavy atom. The van der Waals surface area contributed by atoms with Crippen molar-refractivity contribution in [2.45, 2.75) is 58.0 Å². The lowest BCUT2D eigenvalue weighted by molar-refractivity contribution is 0.273. The molecule has 0 saturated heterocycles. The quantitative estimate of drug-likeness (QED) is 0.819. The fourth-order valence-electron chi connectivity index (χ4n) is 2.94. The molecule has 1 aliphatic carbocycles. The Morgan fingerprint density at radius 1 is 1.17 bits per heavy atom. The van der Waals surface area contributed by atoms with E-state index in [1.807, 2.05) is 0 Å². The number of benzene rings is 1. The number of rotatable bonds is 4. The molecule has 1 aliphatic rings. The van der Waals surface area contributed by atoms with Crippen molar-refractivity contribution in [2.75, 3.05) is 0 Å². The summed E-state index contributed by atoms with van der Waals surface area (Å²) in [6.45, 7) is 4.60. The van der Waals surface area contributed by atoms with Gasteiger partial charge in [0, 0.05) is 16.6 Å². The monoisotopic (exact) mass is 309 g/mol. The fourth-order valence-corrected chi connectivity index (χ4v) is 3.20. The minimum absolute atomic E-state index is 0.460. The van der Waals surface area contributed by atoms with Gasteiger partial charge in [-0.25, -0.2) is 0 Å². The van der Waals surface area contributed by atoms with Gasteiger partial charge in [-0.2, -0.15) is 0 Å². The van der Waals surface area contributed by atoms with Gasteiger partial charge in [-0.1, -0.05) is 41.4 Å². The third-order valence-corrected chi connectivity index (χ3v) is 4.81. The molecule has 0 aliphatic heterocycles. The van der Waals surface area contributed by atoms with Crippen LogP contribution in [0, 0.1) is 5.92 Å². The van der Waals surface area contributed by atoms with Crippen LogP contribution in [0.3, 0.4) is 0 Å². The number of nitrogens with one attached hydrogen (secondary N) is 1. The lowest BCUT2D eigenvalue weighted by Crippen LogP contribution is -2.34. The molecular formula is C16H24BrN. The van der Waals surface area contributed by atoms with Gasteiger partial charge in [0.25, 0.3) is 0 Å². The maximum absolute atomic E-state index is 3.78. The van der Waals surface area contributed by atoms with Crippen LogP contribution in [0.1, 0.15) is 57.6 Å². The number of halogens is 1. The molecule has 0 unspecified atom stereocenters. The van der Waals surface area contributed by atoms with Crippen molar-refractivity contribution < 1.29 is 0 Å². The minimum atomic E-state index is 0.460. The van der Waals surface area contributed by atoms with Crippen molar-refractivity contribution in [1.29, 1.82) is 0 Å². The van der Waals surface area contributed by atoms with Gasteiger partial charge in [0.1, 0.15) is 0 Å². The van der Waals surface area contributed by atoms with Crippen LogP contribution in [0.2, 0.25) is 0 Å². The molecular weight excluding hydrogens is 286 g/mol. The SMILES string of the molecule is CCC1CCC(N[C@H](C)c2ccc(Br)cc2)CC1. The number of hydrogen-bond acceptors (Lipinski definition) is 1. The first-order chi connectivity index (χ1) is 8.69. The van der Waals surface area contributed by atoms with Gasteiger partial charge < -0.3 is 5.32 Å². The second kappa shape index (κ2) is 6.72. The van der Waals surface area contributed by atoms with Crippen molar-refractivity contribution in [3.8, 4) is 0 Å². The summed E-state index contributed by atoms with van der Waals surface area (Å²) >= 11 is 3.49. The van der Waals surface area contributed by atoms with E-state index >= 15 is 0 Å². The van der Waals surface area contributed by atoms with E-state index in [2.05, 4.69) is 59.4 Å². The van der Waals surface area contributed by atoms with Crippen LogP contribution in [-0.2, 0) is 0 Å². The van der Waals surface area contributed by atoms with Gasteiger partial charge in [0.15, 0.2) is 0 Å². The molecule has 1 atom stereocenters. The fraction of sp³-hybridized carbons (Fsp3) is 0.625. The van der Waals surface area contributed by atoms with Crippen molar-refractivity contribution in [3.63, 3.8) is 0 Å². The second-order valence-corrected chi connectivity index (χ2v) is 6.48. The summed E-state index contributed by atoms with van der Waals surface area (Å²) in [5.41, 5.74) is 1.39. The van der Waals surface area contributed by atoms with E-state index in [1.165, 1.54) is 37.7 Å². The molecule has 1 aromatic rings. The average Bonchev–Trinajstić information content (AvgIpc) is 2.40. The molecule has 0 spiro atoms. The van der Waals surface area contributed by atoms with E-state index < -0.39 is 0 Å². The van der Waals surface area contributed by atoms with E-state index in [9.17, 15) is 0 Å². The highest BCUT2D eigenvalue weighted by Crippen LogP contribution is 2.28. The van der Waals surface area contributed by atoms with Crippen molar-refractivity contribution in [1.82, 2.24) is 5.32 Å². The van der Waals surface area contributed by atoms with Crippen molar-refractivity contribution in [3.05, 3.63) is 34.3 Å². The summed E-state index contributed by atoms with van der Waals surface area (Å²) in [7, 11) is 0. The second-order valence-electron chi connectivity index (χ2n) is 5.57. The summed E-state index contributed by atoms with van der Waals surface area (Å²) < 4.78 is 1.15. The van der Waals surface area contributed by atoms with Gasteiger partial charge in [-0.15, -0.1) is 0 Å². The third kappa shape index (κ3) is 3.83. The molecule has 1 nitrogen and oxygen atoms in total. The van der Waals surface area contributed by atoms with E-state index in [-0.39, 0.29) is 0 Å². The lowest BCUT2D eigenvalue weighted by atomic mass is 9.84. The molecule has 2 heteroatoms. The largest absolute Gasteiger partial charge is 0.307 e. The maximum Gasteiger partial charge on any atom is 0.0294 e. The van der Waals surface area contributed by atoms with E-state index in [0.717, 1.165) is 10.4 Å². The van der Waals surface area contributed by atoms with Crippen LogP contribution in [0.4, 0.5) is 0 Å². The molecule has 0 radical (unpaired) electrons. The van der Waals surface area contributed by atoms with Crippen LogP contribution in [0.5, 0.6) is 0 Å². The first-order valence-electron chi connectivity index (χ1n) is 7.20. The zero-order valence-corrected chi connectivity index (χ0v) is 13.0. The zero-order chi connectivity index (χ0) is 13.0. The van der Waals surface area contributed by atoms with Crippen LogP contribution < -0.4 is 5.32 Å². The highest BCUT2D eigenvalue weighted by molar-refractivity contribution is 9.10. The Kier molecular flexibility index (Phi) is 5.25. The molecule has 0 heterocycles. The van der Waals surface area contributed by atoms with Crippen molar-refractivity contribution >= 4 is 15.9 Å². The van der Waals surface area contributed by atoms with E-state index in [1.54, 1.807) is 0 Å². The van der Waals surface area contributed by atoms with Crippen LogP contribution in [-0.4, -0.2) is 6.04 Å². The third-order valence-electron chi connectivity index (χ3n) is 4.28. The van der Waals surface area contributed by atoms with Gasteiger partial charge in [0.05, 0.1) is 0 Å². The molecule has 18 heavy (non-hydrogen) atoms. The predicted molar refractivity (Wildman–Crippen MR) is 81.7 cm³/mol. The van der Waals surface area contributed by atoms with Crippen LogP contribution in [0.15, 0.2) is 28.7 Å². The van der Waals surface area contributed by atoms with Gasteiger partial charge >= 0.3 is 0 Å². The smallest absolute Gasteiger partial charge is 0.0294 e. The summed E-state index contributed by atoms with van der Waals surface area (Å²) in [5.74, 6) is 0.978. The summed E-state index contributed by atoms with van der Waals surface area (Å²) in [4.78, 5) is 0. The molecule has 1 aromatic carbocycles. The highest BCUT2D eigenvalue weighted by atomic mass is 79.9. The molecule has 0 aromatic heterocycles. The molecule has 1 N–H and O–H groups in total. The Morgan fingerprint density at radius 2 is 1.78 bits per heavy atom. The Hall–Kier alpha value is -0.340. The topological polar surface area (TPSA) is 12.0 Å². The standard InChI is InChI=1S/C16H24BrN/c1-3-13-4-10-16(11-5-13)18-12(2)14-6-8-15(17)9-7-14/h6-9,12-13,16,18H,3-5,10-11H2,1-2H3/t12-,13?,16?/m1/s1. The summed E-state index contributed by atoms with van der Waals surface area (Å²) in [5, 5.41) is 3.78. The van der Waals surface area contributed by atoms with Crippen LogP contribution >= 0.6 is 15.9 Å². The Labute approximate surface area is 119 Å². The first-order valence-corrected chi connectivity index (χ1v) is 8.00. The van der Waals surface area contributed by atoms with Crippen LogP contribution in [0.25, 0.3) is 0 Å². The molecule has 2 rings (SSSR count). The number of hydrogen-bond donors (Lipinski definition) is 1. The molecule has 0 bridgehead atoms. The molecule has 100 valence electrons. The van der Waals surface area contributed by atoms with Gasteiger partial charge in [0.2, 0.25) is 0 Å². The zero-order valence-electron chi connectivity index (χ0n) is 11.5.